The lowest BCUT2D eigenvalue weighted by Gasteiger charge is -2.14. The number of halogens is 1. The summed E-state index contributed by atoms with van der Waals surface area (Å²) in [7, 11) is 0. The van der Waals surface area contributed by atoms with Crippen LogP contribution in [0.15, 0.2) is 48.5 Å². The Balaban J connectivity index is 2.29. The number of hydrogen-bond acceptors (Lipinski definition) is 2. The fourth-order valence-corrected chi connectivity index (χ4v) is 2.01. The van der Waals surface area contributed by atoms with E-state index in [0.29, 0.717) is 17.7 Å². The lowest BCUT2D eigenvalue weighted by molar-refractivity contribution is -0.119. The van der Waals surface area contributed by atoms with Crippen LogP contribution in [0.3, 0.4) is 0 Å². The van der Waals surface area contributed by atoms with Crippen molar-refractivity contribution in [3.05, 3.63) is 65.5 Å². The fourth-order valence-electron chi connectivity index (χ4n) is 2.01. The molecule has 2 rings (SSSR count). The maximum absolute atomic E-state index is 13.7. The SMILES string of the molecule is NC(=O)C(Cc1ccc(N)cc1)c1ccccc1F. The number of rotatable bonds is 4. The minimum Gasteiger partial charge on any atom is -0.399 e. The predicted molar refractivity (Wildman–Crippen MR) is 72.9 cm³/mol. The number of carbonyl (C=O) groups is 1. The second-order valence-corrected chi connectivity index (χ2v) is 4.42. The average Bonchev–Trinajstić information content (AvgIpc) is 2.39. The summed E-state index contributed by atoms with van der Waals surface area (Å²) in [6.07, 6.45) is 0.358. The van der Waals surface area contributed by atoms with E-state index in [1.54, 1.807) is 30.3 Å². The molecule has 98 valence electrons. The molecule has 0 heterocycles. The van der Waals surface area contributed by atoms with E-state index in [1.807, 2.05) is 12.1 Å². The number of primary amides is 1. The first-order chi connectivity index (χ1) is 9.08. The maximum atomic E-state index is 13.7. The Morgan fingerprint density at radius 2 is 1.74 bits per heavy atom. The second kappa shape index (κ2) is 5.52. The molecule has 4 N–H and O–H groups in total. The van der Waals surface area contributed by atoms with E-state index >= 15 is 0 Å². The van der Waals surface area contributed by atoms with Gasteiger partial charge in [-0.05, 0) is 30.2 Å². The minimum absolute atomic E-state index is 0.326. The molecule has 1 amide bonds. The summed E-state index contributed by atoms with van der Waals surface area (Å²) in [5, 5.41) is 0. The van der Waals surface area contributed by atoms with Gasteiger partial charge in [-0.25, -0.2) is 4.39 Å². The number of nitrogens with two attached hydrogens (primary N) is 2. The number of anilines is 1. The van der Waals surface area contributed by atoms with Gasteiger partial charge in [-0.2, -0.15) is 0 Å². The zero-order valence-corrected chi connectivity index (χ0v) is 10.3. The van der Waals surface area contributed by atoms with Gasteiger partial charge < -0.3 is 11.5 Å². The summed E-state index contributed by atoms with van der Waals surface area (Å²) in [4.78, 5) is 11.6. The number of amides is 1. The Bertz CT molecular complexity index is 581. The van der Waals surface area contributed by atoms with Crippen LogP contribution in [0, 0.1) is 5.82 Å². The summed E-state index contributed by atoms with van der Waals surface area (Å²) in [6.45, 7) is 0. The van der Waals surface area contributed by atoms with Crippen molar-refractivity contribution >= 4 is 11.6 Å². The van der Waals surface area contributed by atoms with E-state index in [1.165, 1.54) is 6.07 Å². The van der Waals surface area contributed by atoms with Crippen molar-refractivity contribution in [2.75, 3.05) is 5.73 Å². The quantitative estimate of drug-likeness (QED) is 0.825. The van der Waals surface area contributed by atoms with E-state index < -0.39 is 17.6 Å². The average molecular weight is 258 g/mol. The number of hydrogen-bond donors (Lipinski definition) is 2. The molecule has 0 aromatic heterocycles. The van der Waals surface area contributed by atoms with Crippen molar-refractivity contribution in [2.24, 2.45) is 5.73 Å². The molecule has 0 bridgehead atoms. The van der Waals surface area contributed by atoms with Gasteiger partial charge in [0.2, 0.25) is 5.91 Å². The van der Waals surface area contributed by atoms with Crippen LogP contribution in [0.4, 0.5) is 10.1 Å². The van der Waals surface area contributed by atoms with Crippen molar-refractivity contribution in [1.29, 1.82) is 0 Å². The summed E-state index contributed by atoms with van der Waals surface area (Å²) < 4.78 is 13.7. The molecule has 0 aliphatic carbocycles. The topological polar surface area (TPSA) is 69.1 Å². The molecule has 0 radical (unpaired) electrons. The van der Waals surface area contributed by atoms with Gasteiger partial charge in [0.1, 0.15) is 5.82 Å². The largest absolute Gasteiger partial charge is 0.399 e. The summed E-state index contributed by atoms with van der Waals surface area (Å²) in [5.74, 6) is -1.63. The zero-order valence-electron chi connectivity index (χ0n) is 10.3. The highest BCUT2D eigenvalue weighted by Crippen LogP contribution is 2.23. The number of benzene rings is 2. The van der Waals surface area contributed by atoms with Gasteiger partial charge in [0.15, 0.2) is 0 Å². The standard InChI is InChI=1S/C15H15FN2O/c16-14-4-2-1-3-12(14)13(15(18)19)9-10-5-7-11(17)8-6-10/h1-8,13H,9,17H2,(H2,18,19). The molecule has 0 saturated heterocycles. The van der Waals surface area contributed by atoms with Crippen LogP contribution in [0.1, 0.15) is 17.0 Å². The highest BCUT2D eigenvalue weighted by Gasteiger charge is 2.21. The van der Waals surface area contributed by atoms with Gasteiger partial charge in [0.05, 0.1) is 5.92 Å². The van der Waals surface area contributed by atoms with E-state index in [-0.39, 0.29) is 0 Å². The third-order valence-electron chi connectivity index (χ3n) is 3.04. The van der Waals surface area contributed by atoms with Crippen LogP contribution < -0.4 is 11.5 Å². The van der Waals surface area contributed by atoms with E-state index in [2.05, 4.69) is 0 Å². The van der Waals surface area contributed by atoms with Gasteiger partial charge in [0.25, 0.3) is 0 Å². The Labute approximate surface area is 111 Å². The van der Waals surface area contributed by atoms with Gasteiger partial charge in [0, 0.05) is 11.3 Å². The van der Waals surface area contributed by atoms with Gasteiger partial charge >= 0.3 is 0 Å². The van der Waals surface area contributed by atoms with Gasteiger partial charge in [-0.15, -0.1) is 0 Å². The lowest BCUT2D eigenvalue weighted by Crippen LogP contribution is -2.24. The van der Waals surface area contributed by atoms with Crippen LogP contribution in [0.5, 0.6) is 0 Å². The van der Waals surface area contributed by atoms with Gasteiger partial charge in [-0.3, -0.25) is 4.79 Å². The third-order valence-corrected chi connectivity index (χ3v) is 3.04. The molecule has 19 heavy (non-hydrogen) atoms. The summed E-state index contributed by atoms with van der Waals surface area (Å²) >= 11 is 0. The van der Waals surface area contributed by atoms with Crippen molar-refractivity contribution < 1.29 is 9.18 Å². The van der Waals surface area contributed by atoms with Crippen molar-refractivity contribution in [3.63, 3.8) is 0 Å². The molecule has 0 saturated carbocycles. The first kappa shape index (κ1) is 13.1. The molecular weight excluding hydrogens is 243 g/mol. The van der Waals surface area contributed by atoms with Crippen LogP contribution in [0.25, 0.3) is 0 Å². The predicted octanol–water partition coefficient (Wildman–Crippen LogP) is 2.22. The first-order valence-corrected chi connectivity index (χ1v) is 5.96. The van der Waals surface area contributed by atoms with Crippen LogP contribution in [0.2, 0.25) is 0 Å². The van der Waals surface area contributed by atoms with E-state index in [0.717, 1.165) is 5.56 Å². The van der Waals surface area contributed by atoms with Gasteiger partial charge in [-0.1, -0.05) is 30.3 Å². The van der Waals surface area contributed by atoms with Crippen LogP contribution in [-0.2, 0) is 11.2 Å². The molecule has 2 aromatic carbocycles. The van der Waals surface area contributed by atoms with Crippen molar-refractivity contribution in [1.82, 2.24) is 0 Å². The molecular formula is C15H15FN2O. The Hall–Kier alpha value is -2.36. The monoisotopic (exact) mass is 258 g/mol. The molecule has 1 atom stereocenters. The second-order valence-electron chi connectivity index (χ2n) is 4.42. The molecule has 1 unspecified atom stereocenters. The smallest absolute Gasteiger partial charge is 0.225 e. The summed E-state index contributed by atoms with van der Waals surface area (Å²) in [5.41, 5.74) is 12.8. The van der Waals surface area contributed by atoms with Crippen LogP contribution >= 0.6 is 0 Å². The minimum atomic E-state index is -0.676. The first-order valence-electron chi connectivity index (χ1n) is 5.96. The highest BCUT2D eigenvalue weighted by atomic mass is 19.1. The molecule has 0 spiro atoms. The third kappa shape index (κ3) is 3.10. The Morgan fingerprint density at radius 3 is 2.32 bits per heavy atom. The molecule has 0 aliphatic heterocycles. The normalized spacial score (nSPS) is 12.1. The fraction of sp³-hybridized carbons (Fsp3) is 0.133. The Morgan fingerprint density at radius 1 is 1.11 bits per heavy atom. The number of nitrogen functional groups attached to an aromatic ring is 1. The van der Waals surface area contributed by atoms with Crippen molar-refractivity contribution in [2.45, 2.75) is 12.3 Å². The molecule has 0 aliphatic rings. The lowest BCUT2D eigenvalue weighted by atomic mass is 9.91. The molecule has 2 aromatic rings. The molecule has 0 fully saturated rings. The highest BCUT2D eigenvalue weighted by molar-refractivity contribution is 5.82. The molecule has 4 heteroatoms. The van der Waals surface area contributed by atoms with E-state index in [9.17, 15) is 9.18 Å². The maximum Gasteiger partial charge on any atom is 0.225 e. The summed E-state index contributed by atoms with van der Waals surface area (Å²) in [6, 6.07) is 13.3. The molecule has 3 nitrogen and oxygen atoms in total. The number of carbonyl (C=O) groups excluding carboxylic acids is 1. The zero-order chi connectivity index (χ0) is 13.8. The van der Waals surface area contributed by atoms with E-state index in [4.69, 9.17) is 11.5 Å². The van der Waals surface area contributed by atoms with Crippen molar-refractivity contribution in [3.8, 4) is 0 Å². The van der Waals surface area contributed by atoms with Crippen LogP contribution in [-0.4, -0.2) is 5.91 Å². The Kier molecular flexibility index (Phi) is 3.80.